The summed E-state index contributed by atoms with van der Waals surface area (Å²) in [5.74, 6) is 4.85. The molecule has 0 aromatic heterocycles. The van der Waals surface area contributed by atoms with Gasteiger partial charge in [0.2, 0.25) is 0 Å². The molecular weight excluding hydrogens is 276 g/mol. The topological polar surface area (TPSA) is 35.5 Å². The lowest BCUT2D eigenvalue weighted by Crippen LogP contribution is -2.29. The van der Waals surface area contributed by atoms with Gasteiger partial charge in [-0.2, -0.15) is 0 Å². The van der Waals surface area contributed by atoms with Crippen molar-refractivity contribution in [2.24, 2.45) is 0 Å². The van der Waals surface area contributed by atoms with Gasteiger partial charge in [-0.25, -0.2) is 0 Å². The predicted octanol–water partition coefficient (Wildman–Crippen LogP) is 3.48. The van der Waals surface area contributed by atoms with Crippen LogP contribution in [-0.4, -0.2) is 25.8 Å². The van der Waals surface area contributed by atoms with E-state index >= 15 is 0 Å². The lowest BCUT2D eigenvalue weighted by molar-refractivity contribution is -0.145. The second-order valence-corrected chi connectivity index (χ2v) is 4.81. The quantitative estimate of drug-likeness (QED) is 0.439. The Morgan fingerprint density at radius 2 is 2.05 bits per heavy atom. The maximum Gasteiger partial charge on any atom is 0.316 e. The van der Waals surface area contributed by atoms with Crippen LogP contribution in [0.25, 0.3) is 0 Å². The van der Waals surface area contributed by atoms with Gasteiger partial charge in [-0.15, -0.1) is 5.92 Å². The molecule has 0 aliphatic carbocycles. The number of hydrogen-bond acceptors (Lipinski definition) is 3. The number of allylic oxidation sites excluding steroid dienone is 2. The van der Waals surface area contributed by atoms with Crippen LogP contribution >= 0.6 is 0 Å². The molecule has 0 aliphatic rings. The van der Waals surface area contributed by atoms with Gasteiger partial charge in [0.15, 0.2) is 0 Å². The van der Waals surface area contributed by atoms with Gasteiger partial charge in [-0.3, -0.25) is 4.79 Å². The Hall–Kier alpha value is -2.31. The Kier molecular flexibility index (Phi) is 7.74. The minimum Gasteiger partial charge on any atom is -0.468 e. The van der Waals surface area contributed by atoms with Gasteiger partial charge < -0.3 is 9.47 Å². The number of ether oxygens (including phenoxy) is 2. The van der Waals surface area contributed by atoms with E-state index in [-0.39, 0.29) is 5.97 Å². The van der Waals surface area contributed by atoms with Crippen LogP contribution in [0.15, 0.2) is 54.6 Å². The number of hydrogen-bond donors (Lipinski definition) is 0. The lowest BCUT2D eigenvalue weighted by atomic mass is 9.93. The van der Waals surface area contributed by atoms with E-state index in [1.165, 1.54) is 7.11 Å². The van der Waals surface area contributed by atoms with Crippen LogP contribution in [0.3, 0.4) is 0 Å². The van der Waals surface area contributed by atoms with Crippen molar-refractivity contribution in [1.82, 2.24) is 0 Å². The summed E-state index contributed by atoms with van der Waals surface area (Å²) in [4.78, 5) is 12.2. The van der Waals surface area contributed by atoms with E-state index in [1.54, 1.807) is 6.92 Å². The number of carbonyl (C=O) groups is 1. The highest BCUT2D eigenvalue weighted by molar-refractivity contribution is 5.79. The summed E-state index contributed by atoms with van der Waals surface area (Å²) in [6.45, 7) is 7.77. The summed E-state index contributed by atoms with van der Waals surface area (Å²) >= 11 is 0. The van der Waals surface area contributed by atoms with Crippen LogP contribution in [-0.2, 0) is 14.3 Å². The van der Waals surface area contributed by atoms with Gasteiger partial charge in [-0.05, 0) is 19.4 Å². The first-order chi connectivity index (χ1) is 10.6. The first-order valence-corrected chi connectivity index (χ1v) is 7.08. The fourth-order valence-corrected chi connectivity index (χ4v) is 1.99. The van der Waals surface area contributed by atoms with Gasteiger partial charge in [0.05, 0.1) is 13.7 Å². The second-order valence-electron chi connectivity index (χ2n) is 4.81. The van der Waals surface area contributed by atoms with E-state index in [0.29, 0.717) is 6.61 Å². The van der Waals surface area contributed by atoms with Crippen molar-refractivity contribution in [2.45, 2.75) is 25.9 Å². The molecule has 116 valence electrons. The molecule has 0 saturated heterocycles. The average molecular weight is 298 g/mol. The second kappa shape index (κ2) is 9.59. The Morgan fingerprint density at radius 3 is 2.59 bits per heavy atom. The average Bonchev–Trinajstić information content (AvgIpc) is 2.52. The zero-order chi connectivity index (χ0) is 16.4. The first kappa shape index (κ1) is 17.7. The molecule has 0 radical (unpaired) electrons. The molecule has 1 aromatic carbocycles. The number of benzene rings is 1. The molecular formula is C19H22O3. The fourth-order valence-electron chi connectivity index (χ4n) is 1.99. The Balaban J connectivity index is 2.97. The summed E-state index contributed by atoms with van der Waals surface area (Å²) in [6.07, 6.45) is 3.16. The van der Waals surface area contributed by atoms with E-state index in [4.69, 9.17) is 9.47 Å². The van der Waals surface area contributed by atoms with E-state index in [0.717, 1.165) is 11.1 Å². The van der Waals surface area contributed by atoms with Crippen LogP contribution in [0.2, 0.25) is 0 Å². The van der Waals surface area contributed by atoms with Crippen molar-refractivity contribution in [3.63, 3.8) is 0 Å². The Labute approximate surface area is 132 Å². The standard InChI is InChI=1S/C19H22O3/c1-5-10-17(22-14-9-11-15(2)3)18(19(20)21-4)16-12-7-6-8-13-16/h6-9,11-13,17-18H,2,14H2,1,3-4H3/b11-9+. The molecule has 0 bridgehead atoms. The molecule has 3 heteroatoms. The summed E-state index contributed by atoms with van der Waals surface area (Å²) in [7, 11) is 1.37. The monoisotopic (exact) mass is 298 g/mol. The molecule has 0 amide bonds. The highest BCUT2D eigenvalue weighted by atomic mass is 16.5. The molecule has 22 heavy (non-hydrogen) atoms. The fraction of sp³-hybridized carbons (Fsp3) is 0.316. The van der Waals surface area contributed by atoms with Crippen molar-refractivity contribution in [2.75, 3.05) is 13.7 Å². The minimum absolute atomic E-state index is 0.354. The number of rotatable bonds is 7. The van der Waals surface area contributed by atoms with Gasteiger partial charge in [0.1, 0.15) is 12.0 Å². The van der Waals surface area contributed by atoms with Crippen molar-refractivity contribution in [3.8, 4) is 11.8 Å². The van der Waals surface area contributed by atoms with Crippen molar-refractivity contribution >= 4 is 5.97 Å². The highest BCUT2D eigenvalue weighted by Gasteiger charge is 2.30. The molecule has 2 atom stereocenters. The van der Waals surface area contributed by atoms with E-state index in [2.05, 4.69) is 18.4 Å². The summed E-state index contributed by atoms with van der Waals surface area (Å²) < 4.78 is 10.7. The molecule has 0 fully saturated rings. The maximum absolute atomic E-state index is 12.2. The number of methoxy groups -OCH3 is 1. The highest BCUT2D eigenvalue weighted by Crippen LogP contribution is 2.23. The molecule has 0 spiro atoms. The van der Waals surface area contributed by atoms with Crippen LogP contribution in [0.5, 0.6) is 0 Å². The van der Waals surface area contributed by atoms with Crippen LogP contribution < -0.4 is 0 Å². The normalized spacial score (nSPS) is 13.0. The van der Waals surface area contributed by atoms with Gasteiger partial charge in [0, 0.05) is 0 Å². The van der Waals surface area contributed by atoms with E-state index < -0.39 is 12.0 Å². The van der Waals surface area contributed by atoms with Crippen LogP contribution in [0.4, 0.5) is 0 Å². The van der Waals surface area contributed by atoms with Crippen molar-refractivity contribution in [3.05, 3.63) is 60.2 Å². The molecule has 2 unspecified atom stereocenters. The molecule has 0 aliphatic heterocycles. The minimum atomic E-state index is -0.572. The van der Waals surface area contributed by atoms with Crippen LogP contribution in [0, 0.1) is 11.8 Å². The third-order valence-electron chi connectivity index (χ3n) is 2.98. The largest absolute Gasteiger partial charge is 0.468 e. The molecule has 0 N–H and O–H groups in total. The lowest BCUT2D eigenvalue weighted by Gasteiger charge is -2.21. The smallest absolute Gasteiger partial charge is 0.316 e. The first-order valence-electron chi connectivity index (χ1n) is 7.08. The summed E-state index contributed by atoms with van der Waals surface area (Å²) in [5, 5.41) is 0. The Bertz CT molecular complexity index is 576. The number of carbonyl (C=O) groups excluding carboxylic acids is 1. The molecule has 1 rings (SSSR count). The maximum atomic E-state index is 12.2. The van der Waals surface area contributed by atoms with Gasteiger partial charge in [-0.1, -0.05) is 60.6 Å². The molecule has 3 nitrogen and oxygen atoms in total. The number of esters is 1. The van der Waals surface area contributed by atoms with Gasteiger partial charge >= 0.3 is 5.97 Å². The van der Waals surface area contributed by atoms with Crippen LogP contribution in [0.1, 0.15) is 25.3 Å². The third-order valence-corrected chi connectivity index (χ3v) is 2.98. The van der Waals surface area contributed by atoms with E-state index in [9.17, 15) is 4.79 Å². The summed E-state index contributed by atoms with van der Waals surface area (Å²) in [6, 6.07) is 9.40. The molecule has 0 saturated carbocycles. The predicted molar refractivity (Wildman–Crippen MR) is 88.3 cm³/mol. The Morgan fingerprint density at radius 1 is 1.36 bits per heavy atom. The van der Waals surface area contributed by atoms with Crippen molar-refractivity contribution in [1.29, 1.82) is 0 Å². The molecule has 1 aromatic rings. The zero-order valence-electron chi connectivity index (χ0n) is 13.3. The zero-order valence-corrected chi connectivity index (χ0v) is 13.3. The summed E-state index contributed by atoms with van der Waals surface area (Å²) in [5.41, 5.74) is 1.76. The van der Waals surface area contributed by atoms with E-state index in [1.807, 2.05) is 49.4 Å². The van der Waals surface area contributed by atoms with Crippen molar-refractivity contribution < 1.29 is 14.3 Å². The SMILES string of the molecule is C=C(C)/C=C/COC(C#CC)C(C(=O)OC)c1ccccc1. The molecule has 0 heterocycles. The third kappa shape index (κ3) is 5.59. The van der Waals surface area contributed by atoms with Gasteiger partial charge in [0.25, 0.3) is 0 Å².